The minimum Gasteiger partial charge on any atom is -0.325 e. The van der Waals surface area contributed by atoms with Crippen LogP contribution in [0, 0.1) is 0 Å². The number of thioether (sulfide) groups is 1. The third-order valence-electron chi connectivity index (χ3n) is 4.40. The maximum absolute atomic E-state index is 12.7. The van der Waals surface area contributed by atoms with E-state index in [-0.39, 0.29) is 29.2 Å². The van der Waals surface area contributed by atoms with E-state index in [0.717, 1.165) is 12.8 Å². The number of benzene rings is 2. The molecule has 1 aliphatic carbocycles. The first kappa shape index (κ1) is 18.2. The van der Waals surface area contributed by atoms with Crippen LogP contribution in [0.3, 0.4) is 0 Å². The predicted molar refractivity (Wildman–Crippen MR) is 107 cm³/mol. The lowest BCUT2D eigenvalue weighted by molar-refractivity contribution is -0.113. The first-order chi connectivity index (χ1) is 13.6. The van der Waals surface area contributed by atoms with Crippen molar-refractivity contribution in [3.8, 4) is 0 Å². The molecule has 8 heteroatoms. The van der Waals surface area contributed by atoms with Crippen molar-refractivity contribution in [2.24, 2.45) is 0 Å². The summed E-state index contributed by atoms with van der Waals surface area (Å²) < 4.78 is 1.60. The number of carbonyl (C=O) groups excluding carboxylic acids is 2. The van der Waals surface area contributed by atoms with Crippen molar-refractivity contribution in [1.29, 1.82) is 0 Å². The fourth-order valence-electron chi connectivity index (χ4n) is 2.90. The molecular formula is C20H18N4O3S. The van der Waals surface area contributed by atoms with Gasteiger partial charge in [-0.3, -0.25) is 14.2 Å². The lowest BCUT2D eigenvalue weighted by atomic mass is 10.0. The van der Waals surface area contributed by atoms with E-state index >= 15 is 0 Å². The summed E-state index contributed by atoms with van der Waals surface area (Å²) in [6, 6.07) is 16.0. The van der Waals surface area contributed by atoms with Crippen LogP contribution >= 0.6 is 11.8 Å². The average Bonchev–Trinajstić information content (AvgIpc) is 3.49. The highest BCUT2D eigenvalue weighted by atomic mass is 32.2. The number of aromatic amines is 1. The Balaban J connectivity index is 1.45. The lowest BCUT2D eigenvalue weighted by Crippen LogP contribution is -2.19. The topological polar surface area (TPSA) is 96.8 Å². The number of nitrogens with zero attached hydrogens (tertiary/aromatic N) is 2. The van der Waals surface area contributed by atoms with Gasteiger partial charge < -0.3 is 5.32 Å². The standard InChI is InChI=1S/C20H18N4O3S/c25-17(12-28-20-23-22-19(27)24(20)14-10-11-14)21-16-9-5-4-8-15(16)18(26)13-6-2-1-3-7-13/h1-9,14H,10-12H2,(H,21,25)(H,22,27). The molecular weight excluding hydrogens is 376 g/mol. The largest absolute Gasteiger partial charge is 0.344 e. The first-order valence-electron chi connectivity index (χ1n) is 8.92. The van der Waals surface area contributed by atoms with Crippen molar-refractivity contribution in [1.82, 2.24) is 14.8 Å². The maximum Gasteiger partial charge on any atom is 0.344 e. The number of rotatable bonds is 7. The number of ketones is 1. The van der Waals surface area contributed by atoms with Crippen molar-refractivity contribution in [2.45, 2.75) is 24.0 Å². The van der Waals surface area contributed by atoms with E-state index in [1.807, 2.05) is 6.07 Å². The minimum atomic E-state index is -0.267. The van der Waals surface area contributed by atoms with Crippen molar-refractivity contribution in [3.05, 3.63) is 76.2 Å². The van der Waals surface area contributed by atoms with E-state index in [1.165, 1.54) is 11.8 Å². The molecule has 1 aliphatic rings. The molecule has 3 aromatic rings. The van der Waals surface area contributed by atoms with Crippen molar-refractivity contribution in [2.75, 3.05) is 11.1 Å². The van der Waals surface area contributed by atoms with Crippen LogP contribution < -0.4 is 11.0 Å². The molecule has 0 aliphatic heterocycles. The smallest absolute Gasteiger partial charge is 0.325 e. The molecule has 1 fully saturated rings. The van der Waals surface area contributed by atoms with E-state index < -0.39 is 0 Å². The van der Waals surface area contributed by atoms with Gasteiger partial charge in [-0.05, 0) is 25.0 Å². The van der Waals surface area contributed by atoms with Crippen LogP contribution in [0.5, 0.6) is 0 Å². The third kappa shape index (κ3) is 3.91. The zero-order valence-electron chi connectivity index (χ0n) is 14.9. The third-order valence-corrected chi connectivity index (χ3v) is 5.35. The van der Waals surface area contributed by atoms with E-state index in [1.54, 1.807) is 53.1 Å². The molecule has 1 aromatic heterocycles. The summed E-state index contributed by atoms with van der Waals surface area (Å²) in [5.74, 6) is -0.333. The highest BCUT2D eigenvalue weighted by Gasteiger charge is 2.28. The Kier molecular flexibility index (Phi) is 5.12. The highest BCUT2D eigenvalue weighted by molar-refractivity contribution is 7.99. The molecule has 4 rings (SSSR count). The summed E-state index contributed by atoms with van der Waals surface area (Å²) in [6.07, 6.45) is 1.91. The van der Waals surface area contributed by atoms with Gasteiger partial charge in [0.1, 0.15) is 0 Å². The number of carbonyl (C=O) groups is 2. The van der Waals surface area contributed by atoms with E-state index in [0.29, 0.717) is 22.0 Å². The predicted octanol–water partition coefficient (Wildman–Crippen LogP) is 2.87. The Morgan fingerprint density at radius 1 is 1.11 bits per heavy atom. The van der Waals surface area contributed by atoms with Crippen LogP contribution in [0.1, 0.15) is 34.8 Å². The molecule has 1 heterocycles. The van der Waals surface area contributed by atoms with Gasteiger partial charge in [0.25, 0.3) is 0 Å². The Labute approximate surface area is 165 Å². The fraction of sp³-hybridized carbons (Fsp3) is 0.200. The van der Waals surface area contributed by atoms with Crippen molar-refractivity contribution < 1.29 is 9.59 Å². The molecule has 0 atom stereocenters. The zero-order chi connectivity index (χ0) is 19.5. The number of hydrogen-bond acceptors (Lipinski definition) is 5. The van der Waals surface area contributed by atoms with E-state index in [9.17, 15) is 14.4 Å². The second kappa shape index (κ2) is 7.85. The Hall–Kier alpha value is -3.13. The fourth-order valence-corrected chi connectivity index (χ4v) is 3.71. The molecule has 0 radical (unpaired) electrons. The number of nitrogens with one attached hydrogen (secondary N) is 2. The van der Waals surface area contributed by atoms with Gasteiger partial charge in [-0.2, -0.15) is 0 Å². The van der Waals surface area contributed by atoms with Gasteiger partial charge in [-0.1, -0.05) is 54.2 Å². The molecule has 2 aromatic carbocycles. The number of anilines is 1. The number of aromatic nitrogens is 3. The van der Waals surface area contributed by atoms with Gasteiger partial charge in [-0.15, -0.1) is 5.10 Å². The minimum absolute atomic E-state index is 0.0882. The summed E-state index contributed by atoms with van der Waals surface area (Å²) >= 11 is 1.20. The van der Waals surface area contributed by atoms with Gasteiger partial charge in [-0.25, -0.2) is 9.89 Å². The lowest BCUT2D eigenvalue weighted by Gasteiger charge is -2.10. The van der Waals surface area contributed by atoms with Gasteiger partial charge in [0.2, 0.25) is 5.91 Å². The molecule has 7 nitrogen and oxygen atoms in total. The summed E-state index contributed by atoms with van der Waals surface area (Å²) in [7, 11) is 0. The number of para-hydroxylation sites is 1. The SMILES string of the molecule is O=C(CSc1n[nH]c(=O)n1C1CC1)Nc1ccccc1C(=O)c1ccccc1. The average molecular weight is 394 g/mol. The maximum atomic E-state index is 12.7. The van der Waals surface area contributed by atoms with E-state index in [4.69, 9.17) is 0 Å². The van der Waals surface area contributed by atoms with Crippen LogP contribution in [0.25, 0.3) is 0 Å². The molecule has 28 heavy (non-hydrogen) atoms. The monoisotopic (exact) mass is 394 g/mol. The molecule has 1 saturated carbocycles. The van der Waals surface area contributed by atoms with Crippen molar-refractivity contribution >= 4 is 29.1 Å². The highest BCUT2D eigenvalue weighted by Crippen LogP contribution is 2.36. The Morgan fingerprint density at radius 2 is 1.82 bits per heavy atom. The van der Waals surface area contributed by atoms with Crippen LogP contribution in [-0.4, -0.2) is 32.2 Å². The van der Waals surface area contributed by atoms with Crippen molar-refractivity contribution in [3.63, 3.8) is 0 Å². The Bertz CT molecular complexity index is 1070. The normalized spacial score (nSPS) is 13.3. The first-order valence-corrected chi connectivity index (χ1v) is 9.90. The summed E-state index contributed by atoms with van der Waals surface area (Å²) in [4.78, 5) is 37.0. The van der Waals surface area contributed by atoms with Gasteiger partial charge in [0.05, 0.1) is 11.4 Å². The molecule has 142 valence electrons. The second-order valence-corrected chi connectivity index (χ2v) is 7.43. The molecule has 0 saturated heterocycles. The zero-order valence-corrected chi connectivity index (χ0v) is 15.7. The molecule has 0 bridgehead atoms. The number of amides is 1. The second-order valence-electron chi connectivity index (χ2n) is 6.49. The molecule has 2 N–H and O–H groups in total. The molecule has 1 amide bonds. The van der Waals surface area contributed by atoms with Crippen LogP contribution in [-0.2, 0) is 4.79 Å². The van der Waals surface area contributed by atoms with Gasteiger partial charge >= 0.3 is 5.69 Å². The van der Waals surface area contributed by atoms with Crippen LogP contribution in [0.15, 0.2) is 64.5 Å². The summed E-state index contributed by atoms with van der Waals surface area (Å²) in [5.41, 5.74) is 1.21. The van der Waals surface area contributed by atoms with Crippen LogP contribution in [0.4, 0.5) is 5.69 Å². The summed E-state index contributed by atoms with van der Waals surface area (Å²) in [6.45, 7) is 0. The summed E-state index contributed by atoms with van der Waals surface area (Å²) in [5, 5.41) is 9.74. The van der Waals surface area contributed by atoms with E-state index in [2.05, 4.69) is 15.5 Å². The molecule has 0 spiro atoms. The number of H-pyrrole nitrogens is 1. The van der Waals surface area contributed by atoms with Gasteiger partial charge in [0, 0.05) is 17.2 Å². The molecule has 0 unspecified atom stereocenters. The van der Waals surface area contributed by atoms with Gasteiger partial charge in [0.15, 0.2) is 10.9 Å². The van der Waals surface area contributed by atoms with Crippen LogP contribution in [0.2, 0.25) is 0 Å². The quantitative estimate of drug-likeness (QED) is 0.474. The Morgan fingerprint density at radius 3 is 2.57 bits per heavy atom. The number of hydrogen-bond donors (Lipinski definition) is 2.